The van der Waals surface area contributed by atoms with Crippen LogP contribution in [-0.2, 0) is 19.1 Å². The number of nitrogens with zero attached hydrogens (tertiary/aromatic N) is 1. The molecule has 0 saturated carbocycles. The predicted molar refractivity (Wildman–Crippen MR) is 93.9 cm³/mol. The van der Waals surface area contributed by atoms with Crippen molar-refractivity contribution in [3.8, 4) is 0 Å². The molecule has 2 atom stereocenters. The first-order chi connectivity index (χ1) is 13.0. The van der Waals surface area contributed by atoms with Crippen molar-refractivity contribution in [3.05, 3.63) is 35.9 Å². The van der Waals surface area contributed by atoms with E-state index in [0.717, 1.165) is 0 Å². The lowest BCUT2D eigenvalue weighted by molar-refractivity contribution is -0.157. The highest BCUT2D eigenvalue weighted by Crippen LogP contribution is 2.25. The van der Waals surface area contributed by atoms with Crippen LogP contribution in [0.25, 0.3) is 0 Å². The molecule has 9 heteroatoms. The fraction of sp³-hybridized carbons (Fsp3) is 0.526. The first-order valence-corrected chi connectivity index (χ1v) is 8.94. The minimum absolute atomic E-state index is 0.124. The standard InChI is InChI=1S/C19H23F3N2O4/c1-12(2)28-17(26)9-15(13-6-4-3-5-7-13)23-18(27)14-8-16(25)24(10-14)11-19(20,21)22/h3-7,12,14-15H,8-11H2,1-2H3,(H,23,27). The Bertz CT molecular complexity index is 707. The molecule has 1 N–H and O–H groups in total. The number of carbonyl (C=O) groups excluding carboxylic acids is 3. The van der Waals surface area contributed by atoms with Gasteiger partial charge >= 0.3 is 12.1 Å². The van der Waals surface area contributed by atoms with Crippen molar-refractivity contribution in [1.29, 1.82) is 0 Å². The molecule has 1 aliphatic heterocycles. The van der Waals surface area contributed by atoms with Crippen molar-refractivity contribution < 1.29 is 32.3 Å². The Morgan fingerprint density at radius 2 is 1.89 bits per heavy atom. The van der Waals surface area contributed by atoms with Gasteiger partial charge in [-0.3, -0.25) is 14.4 Å². The smallest absolute Gasteiger partial charge is 0.406 e. The van der Waals surface area contributed by atoms with Crippen LogP contribution in [0.1, 0.15) is 38.3 Å². The van der Waals surface area contributed by atoms with Gasteiger partial charge in [0, 0.05) is 13.0 Å². The van der Waals surface area contributed by atoms with Crippen molar-refractivity contribution in [2.45, 2.75) is 45.0 Å². The summed E-state index contributed by atoms with van der Waals surface area (Å²) in [6.07, 6.45) is -5.25. The minimum atomic E-state index is -4.52. The first kappa shape index (κ1) is 21.7. The maximum Gasteiger partial charge on any atom is 0.406 e. The van der Waals surface area contributed by atoms with Crippen LogP contribution in [0.3, 0.4) is 0 Å². The van der Waals surface area contributed by atoms with Gasteiger partial charge in [-0.15, -0.1) is 0 Å². The number of amides is 2. The van der Waals surface area contributed by atoms with Gasteiger partial charge in [-0.05, 0) is 19.4 Å². The van der Waals surface area contributed by atoms with E-state index in [1.165, 1.54) is 0 Å². The largest absolute Gasteiger partial charge is 0.463 e. The van der Waals surface area contributed by atoms with Crippen LogP contribution < -0.4 is 5.32 Å². The zero-order chi connectivity index (χ0) is 20.9. The summed E-state index contributed by atoms with van der Waals surface area (Å²) >= 11 is 0. The van der Waals surface area contributed by atoms with Gasteiger partial charge in [0.25, 0.3) is 0 Å². The molecule has 0 spiro atoms. The summed E-state index contributed by atoms with van der Waals surface area (Å²) in [5.74, 6) is -2.69. The van der Waals surface area contributed by atoms with E-state index in [4.69, 9.17) is 4.74 Å². The van der Waals surface area contributed by atoms with Gasteiger partial charge in [0.1, 0.15) is 6.54 Å². The van der Waals surface area contributed by atoms with Gasteiger partial charge < -0.3 is 15.0 Å². The fourth-order valence-corrected chi connectivity index (χ4v) is 3.02. The van der Waals surface area contributed by atoms with E-state index in [9.17, 15) is 27.6 Å². The summed E-state index contributed by atoms with van der Waals surface area (Å²) in [5.41, 5.74) is 0.660. The SMILES string of the molecule is CC(C)OC(=O)CC(NC(=O)C1CC(=O)N(CC(F)(F)F)C1)c1ccccc1. The number of benzene rings is 1. The second-order valence-corrected chi connectivity index (χ2v) is 7.01. The molecule has 0 aliphatic carbocycles. The molecule has 1 aliphatic rings. The second kappa shape index (κ2) is 9.07. The number of hydrogen-bond acceptors (Lipinski definition) is 4. The molecular formula is C19H23F3N2O4. The van der Waals surface area contributed by atoms with Crippen LogP contribution in [0.4, 0.5) is 13.2 Å². The highest BCUT2D eigenvalue weighted by atomic mass is 19.4. The van der Waals surface area contributed by atoms with Crippen molar-refractivity contribution in [3.63, 3.8) is 0 Å². The molecule has 0 radical (unpaired) electrons. The van der Waals surface area contributed by atoms with Crippen molar-refractivity contribution >= 4 is 17.8 Å². The molecule has 1 fully saturated rings. The molecule has 0 aromatic heterocycles. The van der Waals surface area contributed by atoms with Crippen LogP contribution in [0.2, 0.25) is 0 Å². The third kappa shape index (κ3) is 6.54. The number of alkyl halides is 3. The van der Waals surface area contributed by atoms with E-state index in [1.54, 1.807) is 44.2 Å². The van der Waals surface area contributed by atoms with E-state index in [1.807, 2.05) is 0 Å². The average Bonchev–Trinajstić information content (AvgIpc) is 2.93. The van der Waals surface area contributed by atoms with Crippen LogP contribution in [0.5, 0.6) is 0 Å². The Kier molecular flexibility index (Phi) is 7.04. The van der Waals surface area contributed by atoms with Gasteiger partial charge in [-0.1, -0.05) is 30.3 Å². The molecule has 1 saturated heterocycles. The Morgan fingerprint density at radius 1 is 1.25 bits per heavy atom. The van der Waals surface area contributed by atoms with Crippen LogP contribution in [-0.4, -0.2) is 48.1 Å². The lowest BCUT2D eigenvalue weighted by Crippen LogP contribution is -2.38. The lowest BCUT2D eigenvalue weighted by atomic mass is 10.0. The number of rotatable bonds is 7. The van der Waals surface area contributed by atoms with Gasteiger partial charge in [-0.2, -0.15) is 13.2 Å². The van der Waals surface area contributed by atoms with Crippen molar-refractivity contribution in [2.24, 2.45) is 5.92 Å². The quantitative estimate of drug-likeness (QED) is 0.714. The number of halogens is 3. The van der Waals surface area contributed by atoms with Crippen LogP contribution in [0, 0.1) is 5.92 Å². The Morgan fingerprint density at radius 3 is 2.46 bits per heavy atom. The van der Waals surface area contributed by atoms with Crippen LogP contribution in [0.15, 0.2) is 30.3 Å². The minimum Gasteiger partial charge on any atom is -0.463 e. The normalized spacial score (nSPS) is 18.3. The van der Waals surface area contributed by atoms with Gasteiger partial charge in [-0.25, -0.2) is 0 Å². The summed E-state index contributed by atoms with van der Waals surface area (Å²) in [7, 11) is 0. The van der Waals surface area contributed by atoms with Gasteiger partial charge in [0.05, 0.1) is 24.5 Å². The molecule has 2 rings (SSSR count). The topological polar surface area (TPSA) is 75.7 Å². The van der Waals surface area contributed by atoms with Crippen molar-refractivity contribution in [2.75, 3.05) is 13.1 Å². The molecule has 2 unspecified atom stereocenters. The zero-order valence-corrected chi connectivity index (χ0v) is 15.7. The third-order valence-corrected chi connectivity index (χ3v) is 4.21. The summed E-state index contributed by atoms with van der Waals surface area (Å²) in [5, 5.41) is 2.68. The zero-order valence-electron chi connectivity index (χ0n) is 15.7. The number of nitrogens with one attached hydrogen (secondary N) is 1. The van der Waals surface area contributed by atoms with Gasteiger partial charge in [0.2, 0.25) is 11.8 Å². The Labute approximate surface area is 161 Å². The van der Waals surface area contributed by atoms with E-state index in [0.29, 0.717) is 10.5 Å². The molecule has 1 aromatic rings. The average molecular weight is 400 g/mol. The molecule has 6 nitrogen and oxygen atoms in total. The molecule has 1 heterocycles. The number of hydrogen-bond donors (Lipinski definition) is 1. The summed E-state index contributed by atoms with van der Waals surface area (Å²) in [6, 6.07) is 8.01. The fourth-order valence-electron chi connectivity index (χ4n) is 3.02. The third-order valence-electron chi connectivity index (χ3n) is 4.21. The van der Waals surface area contributed by atoms with E-state index < -0.39 is 42.5 Å². The second-order valence-electron chi connectivity index (χ2n) is 7.01. The monoisotopic (exact) mass is 400 g/mol. The summed E-state index contributed by atoms with van der Waals surface area (Å²) in [4.78, 5) is 37.0. The van der Waals surface area contributed by atoms with E-state index in [2.05, 4.69) is 5.32 Å². The molecule has 2 amide bonds. The van der Waals surface area contributed by atoms with Gasteiger partial charge in [0.15, 0.2) is 0 Å². The first-order valence-electron chi connectivity index (χ1n) is 8.94. The summed E-state index contributed by atoms with van der Waals surface area (Å²) < 4.78 is 42.7. The number of carbonyl (C=O) groups is 3. The molecule has 0 bridgehead atoms. The number of likely N-dealkylation sites (tertiary alicyclic amines) is 1. The maximum atomic E-state index is 12.6. The number of ether oxygens (including phenoxy) is 1. The van der Waals surface area contributed by atoms with Crippen LogP contribution >= 0.6 is 0 Å². The summed E-state index contributed by atoms with van der Waals surface area (Å²) in [6.45, 7) is 1.72. The van der Waals surface area contributed by atoms with Crippen molar-refractivity contribution in [1.82, 2.24) is 10.2 Å². The molecule has 154 valence electrons. The van der Waals surface area contributed by atoms with E-state index in [-0.39, 0.29) is 25.5 Å². The Hall–Kier alpha value is -2.58. The Balaban J connectivity index is 2.06. The highest BCUT2D eigenvalue weighted by molar-refractivity contribution is 5.89. The molecule has 28 heavy (non-hydrogen) atoms. The number of esters is 1. The molecular weight excluding hydrogens is 377 g/mol. The predicted octanol–water partition coefficient (Wildman–Crippen LogP) is 2.60. The lowest BCUT2D eigenvalue weighted by Gasteiger charge is -2.22. The molecule has 1 aromatic carbocycles. The highest BCUT2D eigenvalue weighted by Gasteiger charge is 2.41. The van der Waals surface area contributed by atoms with E-state index >= 15 is 0 Å². The maximum absolute atomic E-state index is 12.6.